The van der Waals surface area contributed by atoms with E-state index in [2.05, 4.69) is 11.9 Å². The van der Waals surface area contributed by atoms with Crippen molar-refractivity contribution in [3.8, 4) is 0 Å². The quantitative estimate of drug-likeness (QED) is 0.656. The number of nitrogens with zero attached hydrogens (tertiary/aromatic N) is 1. The van der Waals surface area contributed by atoms with E-state index >= 15 is 0 Å². The fourth-order valence-electron chi connectivity index (χ4n) is 1.79. The number of sulfone groups is 1. The van der Waals surface area contributed by atoms with Gasteiger partial charge in [0.05, 0.1) is 11.5 Å². The van der Waals surface area contributed by atoms with Crippen LogP contribution >= 0.6 is 0 Å². The first-order valence-corrected chi connectivity index (χ1v) is 7.25. The molecular formula is C10H16N2O5S. The molecule has 1 aliphatic rings. The van der Waals surface area contributed by atoms with Crippen molar-refractivity contribution in [1.82, 2.24) is 10.2 Å². The third-order valence-electron chi connectivity index (χ3n) is 2.61. The molecule has 0 spiro atoms. The molecule has 1 saturated heterocycles. The van der Waals surface area contributed by atoms with Gasteiger partial charge in [0.25, 0.3) is 0 Å². The van der Waals surface area contributed by atoms with E-state index < -0.39 is 34.4 Å². The summed E-state index contributed by atoms with van der Waals surface area (Å²) < 4.78 is 22.7. The molecule has 0 aliphatic carbocycles. The Labute approximate surface area is 105 Å². The average Bonchev–Trinajstić information content (AvgIpc) is 2.63. The molecule has 1 unspecified atom stereocenters. The SMILES string of the molecule is C=CCNC(=O)N(CC(=O)O)C1CCS(=O)(=O)C1. The first-order chi connectivity index (χ1) is 8.35. The number of hydrogen-bond acceptors (Lipinski definition) is 4. The third-order valence-corrected chi connectivity index (χ3v) is 4.36. The van der Waals surface area contributed by atoms with Crippen LogP contribution in [0.5, 0.6) is 0 Å². The van der Waals surface area contributed by atoms with Gasteiger partial charge in [0.15, 0.2) is 9.84 Å². The van der Waals surface area contributed by atoms with Gasteiger partial charge >= 0.3 is 12.0 Å². The Bertz CT molecular complexity index is 445. The molecule has 2 N–H and O–H groups in total. The fraction of sp³-hybridized carbons (Fsp3) is 0.600. The van der Waals surface area contributed by atoms with Crippen LogP contribution in [0.4, 0.5) is 4.79 Å². The zero-order chi connectivity index (χ0) is 13.8. The van der Waals surface area contributed by atoms with Crippen molar-refractivity contribution in [2.45, 2.75) is 12.5 Å². The standard InChI is InChI=1S/C10H16N2O5S/c1-2-4-11-10(15)12(6-9(13)14)8-3-5-18(16,17)7-8/h2,8H,1,3-7H2,(H,11,15)(H,13,14). The number of carbonyl (C=O) groups is 2. The van der Waals surface area contributed by atoms with Gasteiger partial charge in [-0.05, 0) is 6.42 Å². The molecule has 1 fully saturated rings. The third kappa shape index (κ3) is 4.02. The summed E-state index contributed by atoms with van der Waals surface area (Å²) in [4.78, 5) is 23.5. The second-order valence-corrected chi connectivity index (χ2v) is 6.28. The topological polar surface area (TPSA) is 104 Å². The summed E-state index contributed by atoms with van der Waals surface area (Å²) in [6.07, 6.45) is 1.74. The number of carboxylic acids is 1. The summed E-state index contributed by atoms with van der Waals surface area (Å²) in [5.74, 6) is -1.36. The van der Waals surface area contributed by atoms with Gasteiger partial charge in [0.2, 0.25) is 0 Å². The molecule has 0 bridgehead atoms. The minimum absolute atomic E-state index is 0.0114. The maximum absolute atomic E-state index is 11.7. The first-order valence-electron chi connectivity index (χ1n) is 5.43. The van der Waals surface area contributed by atoms with Gasteiger partial charge in [-0.1, -0.05) is 6.08 Å². The molecule has 0 aromatic heterocycles. The Morgan fingerprint density at radius 3 is 2.61 bits per heavy atom. The number of rotatable bonds is 5. The van der Waals surface area contributed by atoms with Gasteiger partial charge in [-0.25, -0.2) is 13.2 Å². The summed E-state index contributed by atoms with van der Waals surface area (Å²) in [5, 5.41) is 11.2. The Kier molecular flexibility index (Phi) is 4.71. The van der Waals surface area contributed by atoms with E-state index in [0.717, 1.165) is 4.90 Å². The zero-order valence-electron chi connectivity index (χ0n) is 9.83. The van der Waals surface area contributed by atoms with Crippen LogP contribution in [-0.4, -0.2) is 61.1 Å². The fourth-order valence-corrected chi connectivity index (χ4v) is 3.53. The van der Waals surface area contributed by atoms with Crippen molar-refractivity contribution in [3.05, 3.63) is 12.7 Å². The number of nitrogens with one attached hydrogen (secondary N) is 1. The van der Waals surface area contributed by atoms with E-state index in [1.165, 1.54) is 6.08 Å². The lowest BCUT2D eigenvalue weighted by atomic mass is 10.2. The monoisotopic (exact) mass is 276 g/mol. The van der Waals surface area contributed by atoms with E-state index in [-0.39, 0.29) is 24.5 Å². The number of carbonyl (C=O) groups excluding carboxylic acids is 1. The van der Waals surface area contributed by atoms with Crippen molar-refractivity contribution in [1.29, 1.82) is 0 Å². The number of urea groups is 1. The molecule has 18 heavy (non-hydrogen) atoms. The van der Waals surface area contributed by atoms with E-state index in [9.17, 15) is 18.0 Å². The summed E-state index contributed by atoms with van der Waals surface area (Å²) in [5.41, 5.74) is 0. The summed E-state index contributed by atoms with van der Waals surface area (Å²) in [6, 6.07) is -1.16. The molecule has 1 atom stereocenters. The van der Waals surface area contributed by atoms with Crippen LogP contribution in [0.25, 0.3) is 0 Å². The average molecular weight is 276 g/mol. The van der Waals surface area contributed by atoms with Crippen molar-refractivity contribution < 1.29 is 23.1 Å². The van der Waals surface area contributed by atoms with E-state index in [1.807, 2.05) is 0 Å². The van der Waals surface area contributed by atoms with Crippen LogP contribution in [0.1, 0.15) is 6.42 Å². The second kappa shape index (κ2) is 5.85. The second-order valence-electron chi connectivity index (χ2n) is 4.05. The predicted molar refractivity (Wildman–Crippen MR) is 65.0 cm³/mol. The predicted octanol–water partition coefficient (Wildman–Crippen LogP) is -0.544. The van der Waals surface area contributed by atoms with Crippen molar-refractivity contribution >= 4 is 21.8 Å². The van der Waals surface area contributed by atoms with Gasteiger partial charge < -0.3 is 15.3 Å². The summed E-state index contributed by atoms with van der Waals surface area (Å²) in [6.45, 7) is 3.12. The highest BCUT2D eigenvalue weighted by molar-refractivity contribution is 7.91. The van der Waals surface area contributed by atoms with Gasteiger partial charge in [0.1, 0.15) is 6.54 Å². The smallest absolute Gasteiger partial charge is 0.323 e. The number of carboxylic acid groups (broad SMARTS) is 1. The highest BCUT2D eigenvalue weighted by Gasteiger charge is 2.35. The van der Waals surface area contributed by atoms with Crippen LogP contribution in [0, 0.1) is 0 Å². The molecular weight excluding hydrogens is 260 g/mol. The molecule has 1 aliphatic heterocycles. The summed E-state index contributed by atoms with van der Waals surface area (Å²) in [7, 11) is -3.17. The Hall–Kier alpha value is -1.57. The van der Waals surface area contributed by atoms with Crippen LogP contribution in [0.2, 0.25) is 0 Å². The maximum Gasteiger partial charge on any atom is 0.323 e. The molecule has 1 rings (SSSR count). The molecule has 2 amide bonds. The number of aliphatic carboxylic acids is 1. The van der Waals surface area contributed by atoms with Crippen molar-refractivity contribution in [3.63, 3.8) is 0 Å². The minimum Gasteiger partial charge on any atom is -0.480 e. The first kappa shape index (κ1) is 14.5. The van der Waals surface area contributed by atoms with Crippen LogP contribution in [0.3, 0.4) is 0 Å². The van der Waals surface area contributed by atoms with Crippen LogP contribution in [-0.2, 0) is 14.6 Å². The molecule has 8 heteroatoms. The normalized spacial score (nSPS) is 21.2. The van der Waals surface area contributed by atoms with Crippen LogP contribution in [0.15, 0.2) is 12.7 Å². The van der Waals surface area contributed by atoms with Crippen LogP contribution < -0.4 is 5.32 Å². The summed E-state index contributed by atoms with van der Waals surface area (Å²) >= 11 is 0. The molecule has 0 aromatic carbocycles. The molecule has 1 heterocycles. The Balaban J connectivity index is 2.75. The molecule has 0 saturated carbocycles. The molecule has 7 nitrogen and oxygen atoms in total. The molecule has 0 aromatic rings. The number of hydrogen-bond donors (Lipinski definition) is 2. The lowest BCUT2D eigenvalue weighted by Gasteiger charge is -2.26. The van der Waals surface area contributed by atoms with Gasteiger partial charge in [0, 0.05) is 12.6 Å². The Morgan fingerprint density at radius 2 is 2.17 bits per heavy atom. The van der Waals surface area contributed by atoms with Gasteiger partial charge in [-0.2, -0.15) is 0 Å². The number of amides is 2. The van der Waals surface area contributed by atoms with E-state index in [0.29, 0.717) is 0 Å². The molecule has 102 valence electrons. The molecule has 0 radical (unpaired) electrons. The van der Waals surface area contributed by atoms with E-state index in [4.69, 9.17) is 5.11 Å². The highest BCUT2D eigenvalue weighted by atomic mass is 32.2. The van der Waals surface area contributed by atoms with E-state index in [1.54, 1.807) is 0 Å². The van der Waals surface area contributed by atoms with Crippen molar-refractivity contribution in [2.24, 2.45) is 0 Å². The lowest BCUT2D eigenvalue weighted by Crippen LogP contribution is -2.49. The van der Waals surface area contributed by atoms with Gasteiger partial charge in [-0.3, -0.25) is 4.79 Å². The zero-order valence-corrected chi connectivity index (χ0v) is 10.6. The minimum atomic E-state index is -3.17. The van der Waals surface area contributed by atoms with Gasteiger partial charge in [-0.15, -0.1) is 6.58 Å². The Morgan fingerprint density at radius 1 is 1.50 bits per heavy atom. The van der Waals surface area contributed by atoms with Crippen molar-refractivity contribution in [2.75, 3.05) is 24.6 Å². The highest BCUT2D eigenvalue weighted by Crippen LogP contribution is 2.17. The lowest BCUT2D eigenvalue weighted by molar-refractivity contribution is -0.138. The largest absolute Gasteiger partial charge is 0.480 e. The maximum atomic E-state index is 11.7.